The van der Waals surface area contributed by atoms with Gasteiger partial charge in [-0.2, -0.15) is 0 Å². The van der Waals surface area contributed by atoms with E-state index in [9.17, 15) is 0 Å². The molecule has 7 aromatic heterocycles. The summed E-state index contributed by atoms with van der Waals surface area (Å²) in [6.45, 7) is 3.34. The number of hydrogen-bond acceptors (Lipinski definition) is 6. The van der Waals surface area contributed by atoms with Crippen LogP contribution in [0, 0.1) is 0 Å². The van der Waals surface area contributed by atoms with Gasteiger partial charge >= 0.3 is 0 Å². The predicted octanol–water partition coefficient (Wildman–Crippen LogP) is 16.8. The molecule has 276 valence electrons. The number of thiophene rings is 5. The van der Waals surface area contributed by atoms with Crippen LogP contribution in [0.25, 0.3) is 87.9 Å². The van der Waals surface area contributed by atoms with E-state index >= 15 is 0 Å². The molecular formula is C47H42N2S6. The van der Waals surface area contributed by atoms with E-state index in [1.54, 1.807) is 0 Å². The molecule has 0 saturated heterocycles. The van der Waals surface area contributed by atoms with Gasteiger partial charge < -0.3 is 9.13 Å². The molecule has 0 unspecified atom stereocenters. The summed E-state index contributed by atoms with van der Waals surface area (Å²) in [4.78, 5) is 13.6. The fraction of sp³-hybridized carbons (Fsp3) is 0.234. The summed E-state index contributed by atoms with van der Waals surface area (Å²) in [5.41, 5.74) is 6.62. The topological polar surface area (TPSA) is 9.86 Å². The molecule has 0 N–H and O–H groups in total. The minimum absolute atomic E-state index is 1.04. The Kier molecular flexibility index (Phi) is 9.99. The van der Waals surface area contributed by atoms with E-state index in [4.69, 9.17) is 0 Å². The first kappa shape index (κ1) is 35.8. The van der Waals surface area contributed by atoms with Crippen molar-refractivity contribution in [3.8, 4) is 50.1 Å². The van der Waals surface area contributed by atoms with Crippen molar-refractivity contribution >= 4 is 106 Å². The number of unbranched alkanes of at least 4 members (excludes halogenated alkanes) is 5. The third kappa shape index (κ3) is 6.73. The molecule has 0 spiro atoms. The Morgan fingerprint density at radius 2 is 1.13 bits per heavy atom. The fourth-order valence-electron chi connectivity index (χ4n) is 8.13. The minimum atomic E-state index is 1.04. The summed E-state index contributed by atoms with van der Waals surface area (Å²) >= 11 is 11.5. The average Bonchev–Trinajstić information content (AvgIpc) is 4.06. The van der Waals surface area contributed by atoms with Crippen molar-refractivity contribution in [3.63, 3.8) is 0 Å². The van der Waals surface area contributed by atoms with Crippen molar-refractivity contribution in [1.82, 2.24) is 9.13 Å². The van der Waals surface area contributed by atoms with Crippen LogP contribution in [0.1, 0.15) is 56.7 Å². The second-order valence-electron chi connectivity index (χ2n) is 14.5. The Hall–Kier alpha value is -3.63. The van der Waals surface area contributed by atoms with E-state index in [1.807, 2.05) is 68.4 Å². The molecule has 2 aromatic carbocycles. The lowest BCUT2D eigenvalue weighted by atomic mass is 10.1. The fourth-order valence-corrected chi connectivity index (χ4v) is 14.3. The zero-order chi connectivity index (χ0) is 36.9. The van der Waals surface area contributed by atoms with Gasteiger partial charge in [-0.3, -0.25) is 0 Å². The van der Waals surface area contributed by atoms with Crippen molar-refractivity contribution in [2.75, 3.05) is 5.75 Å². The van der Waals surface area contributed by atoms with Crippen LogP contribution in [0.4, 0.5) is 0 Å². The summed E-state index contributed by atoms with van der Waals surface area (Å²) < 4.78 is 5.12. The molecule has 0 saturated carbocycles. The van der Waals surface area contributed by atoms with E-state index in [-0.39, 0.29) is 0 Å². The molecule has 0 amide bonds. The molecule has 0 radical (unpaired) electrons. The van der Waals surface area contributed by atoms with Crippen LogP contribution in [0.2, 0.25) is 0 Å². The highest BCUT2D eigenvalue weighted by Gasteiger charge is 2.21. The van der Waals surface area contributed by atoms with Crippen molar-refractivity contribution in [2.45, 2.75) is 58.4 Å². The molecule has 9 aromatic rings. The van der Waals surface area contributed by atoms with Gasteiger partial charge in [-0.05, 0) is 96.1 Å². The largest absolute Gasteiger partial charge is 0.330 e. The van der Waals surface area contributed by atoms with Gasteiger partial charge in [0, 0.05) is 84.3 Å². The molecule has 0 fully saturated rings. The highest BCUT2D eigenvalue weighted by atomic mass is 32.2. The Morgan fingerprint density at radius 3 is 1.76 bits per heavy atom. The van der Waals surface area contributed by atoms with E-state index < -0.39 is 0 Å². The minimum Gasteiger partial charge on any atom is -0.330 e. The molecule has 8 heterocycles. The average molecular weight is 827 g/mol. The predicted molar refractivity (Wildman–Crippen MR) is 251 cm³/mol. The van der Waals surface area contributed by atoms with Crippen LogP contribution >= 0.6 is 68.4 Å². The molecule has 8 heteroatoms. The molecule has 0 aliphatic carbocycles. The zero-order valence-corrected chi connectivity index (χ0v) is 36.0. The maximum atomic E-state index is 2.64. The highest BCUT2D eigenvalue weighted by molar-refractivity contribution is 8.08. The zero-order valence-electron chi connectivity index (χ0n) is 31.1. The first-order valence-corrected chi connectivity index (χ1v) is 24.6. The van der Waals surface area contributed by atoms with Gasteiger partial charge in [-0.25, -0.2) is 0 Å². The normalized spacial score (nSPS) is 13.3. The van der Waals surface area contributed by atoms with Crippen molar-refractivity contribution in [1.29, 1.82) is 0 Å². The number of hydrogen-bond donors (Lipinski definition) is 0. The SMILES string of the molecule is CCCCCCCCn1c2cc(-c3ccc(-c4ccc(C5=CCCS5)s4)s3)ccc2c2c3ccc(-c4ccc(-c5ccc(-c6cccs6)s5)s4)cc3n(C)c21. The lowest BCUT2D eigenvalue weighted by Gasteiger charge is -2.11. The van der Waals surface area contributed by atoms with E-state index in [0.717, 1.165) is 6.54 Å². The van der Waals surface area contributed by atoms with Gasteiger partial charge in [0.25, 0.3) is 0 Å². The Morgan fingerprint density at radius 1 is 0.564 bits per heavy atom. The first-order chi connectivity index (χ1) is 27.1. The molecule has 0 atom stereocenters. The number of allylic oxidation sites excluding steroid dienone is 1. The quantitative estimate of drug-likeness (QED) is 0.105. The second-order valence-corrected chi connectivity index (χ2v) is 20.9. The van der Waals surface area contributed by atoms with Crippen molar-refractivity contribution in [2.24, 2.45) is 7.05 Å². The third-order valence-electron chi connectivity index (χ3n) is 10.9. The number of benzene rings is 2. The summed E-state index contributed by atoms with van der Waals surface area (Å²) in [6.07, 6.45) is 11.4. The van der Waals surface area contributed by atoms with Crippen molar-refractivity contribution in [3.05, 3.63) is 113 Å². The number of aryl methyl sites for hydroxylation is 2. The van der Waals surface area contributed by atoms with Crippen LogP contribution in [-0.4, -0.2) is 14.9 Å². The van der Waals surface area contributed by atoms with Gasteiger partial charge in [0.1, 0.15) is 5.65 Å². The van der Waals surface area contributed by atoms with Crippen LogP contribution in [0.15, 0.2) is 109 Å². The number of fused-ring (bicyclic) bond motifs is 5. The highest BCUT2D eigenvalue weighted by Crippen LogP contribution is 2.46. The molecule has 1 aliphatic heterocycles. The van der Waals surface area contributed by atoms with Crippen LogP contribution in [-0.2, 0) is 13.6 Å². The van der Waals surface area contributed by atoms with Gasteiger partial charge in [0.2, 0.25) is 0 Å². The van der Waals surface area contributed by atoms with Crippen LogP contribution < -0.4 is 0 Å². The molecular weight excluding hydrogens is 785 g/mol. The van der Waals surface area contributed by atoms with Gasteiger partial charge in [0.15, 0.2) is 0 Å². The lowest BCUT2D eigenvalue weighted by molar-refractivity contribution is 0.568. The monoisotopic (exact) mass is 826 g/mol. The van der Waals surface area contributed by atoms with Gasteiger partial charge in [-0.1, -0.05) is 75.4 Å². The second kappa shape index (κ2) is 15.4. The van der Waals surface area contributed by atoms with Gasteiger partial charge in [-0.15, -0.1) is 68.4 Å². The standard InChI is InChI=1S/C47H42N2S6/c1-3-4-5-6-7-8-25-49-35-29-31(37-18-20-43(53-37)45-24-22-41(55-45)39-12-10-27-51-39)14-16-33(35)46-32-15-13-30(28-34(32)48(2)47(46)49)36-17-19-42(52-36)44-23-21-40(54-44)38-11-9-26-50-38/h9,11-24,26,28-29H,3-8,10,25,27H2,1-2H3. The number of rotatable bonds is 13. The molecule has 1 aliphatic rings. The van der Waals surface area contributed by atoms with Crippen LogP contribution in [0.3, 0.4) is 0 Å². The lowest BCUT2D eigenvalue weighted by Crippen LogP contribution is -2.02. The molecule has 55 heavy (non-hydrogen) atoms. The number of nitrogens with zero attached hydrogens (tertiary/aromatic N) is 2. The number of thioether (sulfide) groups is 1. The summed E-state index contributed by atoms with van der Waals surface area (Å²) in [6, 6.07) is 37.2. The summed E-state index contributed by atoms with van der Waals surface area (Å²) in [5.74, 6) is 1.21. The smallest absolute Gasteiger partial charge is 0.122 e. The maximum Gasteiger partial charge on any atom is 0.122 e. The molecule has 0 bridgehead atoms. The van der Waals surface area contributed by atoms with Crippen LogP contribution in [0.5, 0.6) is 0 Å². The summed E-state index contributed by atoms with van der Waals surface area (Å²) in [5, 5.41) is 6.26. The summed E-state index contributed by atoms with van der Waals surface area (Å²) in [7, 11) is 2.28. The van der Waals surface area contributed by atoms with E-state index in [2.05, 4.69) is 132 Å². The van der Waals surface area contributed by atoms with E-state index in [0.29, 0.717) is 0 Å². The Bertz CT molecular complexity index is 2810. The first-order valence-electron chi connectivity index (χ1n) is 19.5. The van der Waals surface area contributed by atoms with Gasteiger partial charge in [0.05, 0.1) is 11.0 Å². The van der Waals surface area contributed by atoms with E-state index in [1.165, 1.54) is 143 Å². The Balaban J connectivity index is 1.00. The van der Waals surface area contributed by atoms with Crippen molar-refractivity contribution < 1.29 is 0 Å². The maximum absolute atomic E-state index is 2.64. The Labute approximate surface area is 347 Å². The third-order valence-corrected chi connectivity index (χ3v) is 18.1. The molecule has 2 nitrogen and oxygen atoms in total. The molecule has 10 rings (SSSR count). The number of aromatic nitrogens is 2.